The van der Waals surface area contributed by atoms with Crippen LogP contribution in [0.1, 0.15) is 22.6 Å². The summed E-state index contributed by atoms with van der Waals surface area (Å²) >= 11 is 0. The molecule has 0 saturated carbocycles. The quantitative estimate of drug-likeness (QED) is 0.756. The van der Waals surface area contributed by atoms with Crippen LogP contribution in [-0.4, -0.2) is 13.7 Å². The lowest BCUT2D eigenvalue weighted by molar-refractivity contribution is 0.408. The van der Waals surface area contributed by atoms with E-state index in [1.54, 1.807) is 7.11 Å². The van der Waals surface area contributed by atoms with Crippen LogP contribution < -0.4 is 10.5 Å². The molecule has 1 atom stereocenters. The highest BCUT2D eigenvalue weighted by Gasteiger charge is 2.16. The fourth-order valence-electron chi connectivity index (χ4n) is 3.26. The van der Waals surface area contributed by atoms with E-state index in [1.165, 1.54) is 27.5 Å². The molecule has 3 aromatic rings. The maximum absolute atomic E-state index is 6.13. The zero-order valence-corrected chi connectivity index (χ0v) is 13.8. The van der Waals surface area contributed by atoms with Crippen molar-refractivity contribution >= 4 is 10.8 Å². The third-order valence-corrected chi connectivity index (χ3v) is 4.45. The lowest BCUT2D eigenvalue weighted by Crippen LogP contribution is -2.16. The van der Waals surface area contributed by atoms with Gasteiger partial charge in [-0.25, -0.2) is 0 Å². The summed E-state index contributed by atoms with van der Waals surface area (Å²) in [5.74, 6) is 1.21. The molecule has 3 aromatic carbocycles. The van der Waals surface area contributed by atoms with Crippen LogP contribution >= 0.6 is 0 Å². The zero-order chi connectivity index (χ0) is 16.2. The standard InChI is InChI=1S/C21H23NO/c1-15-10-11-21(23-2)17(12-15)13-18(14-22)20-9-5-7-16-6-3-4-8-19(16)20/h3-12,18H,13-14,22H2,1-2H3. The summed E-state index contributed by atoms with van der Waals surface area (Å²) in [7, 11) is 1.73. The minimum absolute atomic E-state index is 0.275. The molecule has 1 unspecified atom stereocenters. The third kappa shape index (κ3) is 3.22. The Balaban J connectivity index is 2.01. The number of aryl methyl sites for hydroxylation is 1. The molecular formula is C21H23NO. The van der Waals surface area contributed by atoms with Gasteiger partial charge in [-0.15, -0.1) is 0 Å². The Hall–Kier alpha value is -2.32. The molecule has 0 spiro atoms. The molecule has 118 valence electrons. The van der Waals surface area contributed by atoms with Gasteiger partial charge in [-0.05, 0) is 47.9 Å². The van der Waals surface area contributed by atoms with Crippen LogP contribution in [0.2, 0.25) is 0 Å². The summed E-state index contributed by atoms with van der Waals surface area (Å²) in [6.07, 6.45) is 0.884. The van der Waals surface area contributed by atoms with Gasteiger partial charge in [0, 0.05) is 5.92 Å². The van der Waals surface area contributed by atoms with Crippen molar-refractivity contribution in [1.29, 1.82) is 0 Å². The van der Waals surface area contributed by atoms with Gasteiger partial charge in [-0.2, -0.15) is 0 Å². The molecule has 2 N–H and O–H groups in total. The second kappa shape index (κ2) is 6.84. The monoisotopic (exact) mass is 305 g/mol. The van der Waals surface area contributed by atoms with Crippen LogP contribution in [0.15, 0.2) is 60.7 Å². The molecule has 3 rings (SSSR count). The van der Waals surface area contributed by atoms with E-state index in [0.29, 0.717) is 6.54 Å². The van der Waals surface area contributed by atoms with E-state index in [9.17, 15) is 0 Å². The second-order valence-corrected chi connectivity index (χ2v) is 6.02. The summed E-state index contributed by atoms with van der Waals surface area (Å²) in [6, 6.07) is 21.3. The molecule has 0 fully saturated rings. The van der Waals surface area contributed by atoms with E-state index in [-0.39, 0.29) is 5.92 Å². The Morgan fingerprint density at radius 1 is 1.00 bits per heavy atom. The number of hydrogen-bond donors (Lipinski definition) is 1. The Morgan fingerprint density at radius 3 is 2.57 bits per heavy atom. The Morgan fingerprint density at radius 2 is 1.78 bits per heavy atom. The largest absolute Gasteiger partial charge is 0.496 e. The Kier molecular flexibility index (Phi) is 4.63. The molecule has 2 nitrogen and oxygen atoms in total. The zero-order valence-electron chi connectivity index (χ0n) is 13.8. The molecule has 2 heteroatoms. The Bertz CT molecular complexity index is 805. The smallest absolute Gasteiger partial charge is 0.122 e. The Labute approximate surface area is 137 Å². The van der Waals surface area contributed by atoms with Crippen LogP contribution in [0.5, 0.6) is 5.75 Å². The molecule has 0 aliphatic carbocycles. The highest BCUT2D eigenvalue weighted by Crippen LogP contribution is 2.31. The van der Waals surface area contributed by atoms with Crippen LogP contribution in [0.25, 0.3) is 10.8 Å². The van der Waals surface area contributed by atoms with Crippen LogP contribution in [0, 0.1) is 6.92 Å². The lowest BCUT2D eigenvalue weighted by Gasteiger charge is -2.19. The van der Waals surface area contributed by atoms with E-state index >= 15 is 0 Å². The molecule has 0 aromatic heterocycles. The van der Waals surface area contributed by atoms with Gasteiger partial charge in [-0.3, -0.25) is 0 Å². The number of hydrogen-bond acceptors (Lipinski definition) is 2. The molecule has 0 heterocycles. The van der Waals surface area contributed by atoms with Crippen molar-refractivity contribution in [1.82, 2.24) is 0 Å². The molecule has 0 aliphatic rings. The third-order valence-electron chi connectivity index (χ3n) is 4.45. The molecule has 23 heavy (non-hydrogen) atoms. The van der Waals surface area contributed by atoms with Gasteiger partial charge in [-0.1, -0.05) is 60.2 Å². The van der Waals surface area contributed by atoms with Gasteiger partial charge in [0.15, 0.2) is 0 Å². The normalized spacial score (nSPS) is 12.3. The lowest BCUT2D eigenvalue weighted by atomic mass is 9.88. The topological polar surface area (TPSA) is 35.2 Å². The number of fused-ring (bicyclic) bond motifs is 1. The van der Waals surface area contributed by atoms with Gasteiger partial charge >= 0.3 is 0 Å². The fraction of sp³-hybridized carbons (Fsp3) is 0.238. The van der Waals surface area contributed by atoms with Crippen molar-refractivity contribution in [3.8, 4) is 5.75 Å². The first-order valence-electron chi connectivity index (χ1n) is 8.04. The number of ether oxygens (including phenoxy) is 1. The van der Waals surface area contributed by atoms with E-state index in [4.69, 9.17) is 10.5 Å². The van der Waals surface area contributed by atoms with Crippen LogP contribution in [-0.2, 0) is 6.42 Å². The first kappa shape index (κ1) is 15.6. The van der Waals surface area contributed by atoms with Gasteiger partial charge in [0.1, 0.15) is 5.75 Å². The van der Waals surface area contributed by atoms with Crippen LogP contribution in [0.4, 0.5) is 0 Å². The van der Waals surface area contributed by atoms with E-state index in [0.717, 1.165) is 12.2 Å². The summed E-state index contributed by atoms with van der Waals surface area (Å²) in [6.45, 7) is 2.73. The van der Waals surface area contributed by atoms with Crippen molar-refractivity contribution in [3.63, 3.8) is 0 Å². The van der Waals surface area contributed by atoms with E-state index in [2.05, 4.69) is 61.5 Å². The van der Waals surface area contributed by atoms with Crippen molar-refractivity contribution in [3.05, 3.63) is 77.4 Å². The highest BCUT2D eigenvalue weighted by molar-refractivity contribution is 5.86. The van der Waals surface area contributed by atoms with Gasteiger partial charge in [0.2, 0.25) is 0 Å². The molecule has 0 bridgehead atoms. The summed E-state index contributed by atoms with van der Waals surface area (Å²) in [5.41, 5.74) is 9.91. The molecule has 0 aliphatic heterocycles. The van der Waals surface area contributed by atoms with Gasteiger partial charge < -0.3 is 10.5 Å². The van der Waals surface area contributed by atoms with Crippen LogP contribution in [0.3, 0.4) is 0 Å². The molecular weight excluding hydrogens is 282 g/mol. The fourth-order valence-corrected chi connectivity index (χ4v) is 3.26. The molecule has 0 amide bonds. The van der Waals surface area contributed by atoms with Crippen molar-refractivity contribution < 1.29 is 4.74 Å². The van der Waals surface area contributed by atoms with Gasteiger partial charge in [0.05, 0.1) is 7.11 Å². The van der Waals surface area contributed by atoms with E-state index < -0.39 is 0 Å². The number of rotatable bonds is 5. The van der Waals surface area contributed by atoms with E-state index in [1.807, 2.05) is 6.07 Å². The number of nitrogens with two attached hydrogens (primary N) is 1. The first-order valence-corrected chi connectivity index (χ1v) is 8.04. The van der Waals surface area contributed by atoms with Crippen molar-refractivity contribution in [2.75, 3.05) is 13.7 Å². The average molecular weight is 305 g/mol. The number of methoxy groups -OCH3 is 1. The predicted molar refractivity (Wildman–Crippen MR) is 97.2 cm³/mol. The van der Waals surface area contributed by atoms with Crippen molar-refractivity contribution in [2.24, 2.45) is 5.73 Å². The van der Waals surface area contributed by atoms with Crippen molar-refractivity contribution in [2.45, 2.75) is 19.3 Å². The SMILES string of the molecule is COc1ccc(C)cc1CC(CN)c1cccc2ccccc12. The molecule has 0 radical (unpaired) electrons. The van der Waals surface area contributed by atoms with Gasteiger partial charge in [0.25, 0.3) is 0 Å². The predicted octanol–water partition coefficient (Wildman–Crippen LogP) is 4.44. The first-order chi connectivity index (χ1) is 11.2. The summed E-state index contributed by atoms with van der Waals surface area (Å²) in [4.78, 5) is 0. The minimum Gasteiger partial charge on any atom is -0.496 e. The minimum atomic E-state index is 0.275. The maximum Gasteiger partial charge on any atom is 0.122 e. The molecule has 0 saturated heterocycles. The highest BCUT2D eigenvalue weighted by atomic mass is 16.5. The maximum atomic E-state index is 6.13. The summed E-state index contributed by atoms with van der Waals surface area (Å²) in [5, 5.41) is 2.55. The second-order valence-electron chi connectivity index (χ2n) is 6.02. The summed E-state index contributed by atoms with van der Waals surface area (Å²) < 4.78 is 5.53. The number of benzene rings is 3. The average Bonchev–Trinajstić information content (AvgIpc) is 2.59.